The van der Waals surface area contributed by atoms with Crippen LogP contribution in [0.25, 0.3) is 10.8 Å². The predicted octanol–water partition coefficient (Wildman–Crippen LogP) is 1.95. The maximum Gasteiger partial charge on any atom is 0.258 e. The highest BCUT2D eigenvalue weighted by Gasteiger charge is 2.24. The molecule has 0 bridgehead atoms. The van der Waals surface area contributed by atoms with Crippen LogP contribution in [0.15, 0.2) is 36.4 Å². The summed E-state index contributed by atoms with van der Waals surface area (Å²) >= 11 is 0. The molecule has 1 aliphatic rings. The van der Waals surface area contributed by atoms with E-state index in [1.54, 1.807) is 17.0 Å². The number of nitrogens with zero attached hydrogens (tertiary/aromatic N) is 1. The van der Waals surface area contributed by atoms with Crippen LogP contribution >= 0.6 is 0 Å². The molecule has 2 aromatic rings. The third-order valence-electron chi connectivity index (χ3n) is 4.42. The number of fused-ring (bicyclic) bond motifs is 1. The van der Waals surface area contributed by atoms with Crippen molar-refractivity contribution in [2.75, 3.05) is 26.3 Å². The Balaban J connectivity index is 1.87. The van der Waals surface area contributed by atoms with Gasteiger partial charge in [-0.3, -0.25) is 9.59 Å². The number of hydrogen-bond acceptors (Lipinski definition) is 4. The molecule has 1 saturated carbocycles. The maximum atomic E-state index is 12.9. The minimum atomic E-state index is -0.218. The average Bonchev–Trinajstić information content (AvgIpc) is 3.47. The van der Waals surface area contributed by atoms with E-state index in [1.165, 1.54) is 0 Å². The largest absolute Gasteiger partial charge is 0.483 e. The zero-order valence-electron chi connectivity index (χ0n) is 14.9. The fourth-order valence-electron chi connectivity index (χ4n) is 2.84. The number of amides is 2. The van der Waals surface area contributed by atoms with Crippen LogP contribution in [0.1, 0.15) is 30.1 Å². The van der Waals surface area contributed by atoms with Crippen LogP contribution in [0.4, 0.5) is 0 Å². The smallest absolute Gasteiger partial charge is 0.258 e. The highest BCUT2D eigenvalue weighted by atomic mass is 16.5. The van der Waals surface area contributed by atoms with Crippen LogP contribution in [0.5, 0.6) is 5.75 Å². The van der Waals surface area contributed by atoms with Crippen LogP contribution in [0, 0.1) is 0 Å². The van der Waals surface area contributed by atoms with Gasteiger partial charge in [0.25, 0.3) is 11.8 Å². The van der Waals surface area contributed by atoms with Crippen molar-refractivity contribution in [3.8, 4) is 5.75 Å². The van der Waals surface area contributed by atoms with Gasteiger partial charge in [-0.2, -0.15) is 0 Å². The van der Waals surface area contributed by atoms with Crippen molar-refractivity contribution in [3.63, 3.8) is 0 Å². The fourth-order valence-corrected chi connectivity index (χ4v) is 2.84. The van der Waals surface area contributed by atoms with E-state index in [2.05, 4.69) is 5.32 Å². The first kappa shape index (κ1) is 18.2. The van der Waals surface area contributed by atoms with E-state index in [0.29, 0.717) is 17.9 Å². The lowest BCUT2D eigenvalue weighted by atomic mass is 10.0. The van der Waals surface area contributed by atoms with Gasteiger partial charge >= 0.3 is 0 Å². The normalized spacial score (nSPS) is 13.5. The molecule has 0 radical (unpaired) electrons. The van der Waals surface area contributed by atoms with Crippen molar-refractivity contribution in [1.82, 2.24) is 10.2 Å². The first-order chi connectivity index (χ1) is 12.6. The first-order valence-corrected chi connectivity index (χ1v) is 8.97. The van der Waals surface area contributed by atoms with Gasteiger partial charge in [-0.25, -0.2) is 0 Å². The summed E-state index contributed by atoms with van der Waals surface area (Å²) in [6.45, 7) is 2.37. The molecule has 0 saturated heterocycles. The van der Waals surface area contributed by atoms with Crippen molar-refractivity contribution >= 4 is 22.6 Å². The van der Waals surface area contributed by atoms with Crippen molar-refractivity contribution in [2.24, 2.45) is 0 Å². The fraction of sp³-hybridized carbons (Fsp3) is 0.400. The molecule has 26 heavy (non-hydrogen) atoms. The molecule has 0 unspecified atom stereocenters. The van der Waals surface area contributed by atoms with E-state index in [4.69, 9.17) is 4.74 Å². The maximum absolute atomic E-state index is 12.9. The molecule has 6 nitrogen and oxygen atoms in total. The Morgan fingerprint density at radius 3 is 2.54 bits per heavy atom. The number of hydrogen-bond donors (Lipinski definition) is 2. The Labute approximate surface area is 152 Å². The monoisotopic (exact) mass is 356 g/mol. The molecule has 0 spiro atoms. The summed E-state index contributed by atoms with van der Waals surface area (Å²) in [7, 11) is 0. The topological polar surface area (TPSA) is 78.9 Å². The number of nitrogens with one attached hydrogen (secondary N) is 1. The first-order valence-electron chi connectivity index (χ1n) is 8.97. The van der Waals surface area contributed by atoms with Gasteiger partial charge in [0.05, 0.1) is 12.2 Å². The number of carbonyl (C=O) groups excluding carboxylic acids is 2. The van der Waals surface area contributed by atoms with Crippen LogP contribution in [0.2, 0.25) is 0 Å². The Bertz CT molecular complexity index is 801. The molecule has 138 valence electrons. The van der Waals surface area contributed by atoms with E-state index in [9.17, 15) is 14.7 Å². The molecule has 3 rings (SSSR count). The van der Waals surface area contributed by atoms with E-state index >= 15 is 0 Å². The third kappa shape index (κ3) is 4.32. The van der Waals surface area contributed by atoms with Gasteiger partial charge in [-0.05, 0) is 42.7 Å². The SMILES string of the molecule is CCN(CCO)C(=O)c1cc2ccccc2cc1OCC(=O)NC1CC1. The second kappa shape index (κ2) is 8.19. The number of ether oxygens (including phenoxy) is 1. The van der Waals surface area contributed by atoms with E-state index in [-0.39, 0.29) is 37.6 Å². The molecule has 0 heterocycles. The van der Waals surface area contributed by atoms with Gasteiger partial charge < -0.3 is 20.1 Å². The lowest BCUT2D eigenvalue weighted by molar-refractivity contribution is -0.123. The number of likely N-dealkylation sites (N-methyl/N-ethyl adjacent to an activating group) is 1. The molecule has 2 N–H and O–H groups in total. The minimum Gasteiger partial charge on any atom is -0.483 e. The summed E-state index contributed by atoms with van der Waals surface area (Å²) in [6, 6.07) is 11.5. The molecule has 2 aromatic carbocycles. The zero-order valence-corrected chi connectivity index (χ0v) is 14.9. The Morgan fingerprint density at radius 2 is 1.92 bits per heavy atom. The molecular weight excluding hydrogens is 332 g/mol. The summed E-state index contributed by atoms with van der Waals surface area (Å²) in [6.07, 6.45) is 2.02. The van der Waals surface area contributed by atoms with Gasteiger partial charge in [0.2, 0.25) is 0 Å². The summed E-state index contributed by atoms with van der Waals surface area (Å²) in [5.74, 6) is -0.0114. The highest BCUT2D eigenvalue weighted by Crippen LogP contribution is 2.27. The Hall–Kier alpha value is -2.60. The number of aliphatic hydroxyl groups is 1. The van der Waals surface area contributed by atoms with Crippen molar-refractivity contribution < 1.29 is 19.4 Å². The van der Waals surface area contributed by atoms with Gasteiger partial charge in [-0.15, -0.1) is 0 Å². The molecule has 1 aliphatic carbocycles. The van der Waals surface area contributed by atoms with E-state index in [1.807, 2.05) is 31.2 Å². The van der Waals surface area contributed by atoms with Crippen molar-refractivity contribution in [1.29, 1.82) is 0 Å². The summed E-state index contributed by atoms with van der Waals surface area (Å²) < 4.78 is 5.71. The average molecular weight is 356 g/mol. The van der Waals surface area contributed by atoms with E-state index < -0.39 is 0 Å². The quantitative estimate of drug-likeness (QED) is 0.758. The summed E-state index contributed by atoms with van der Waals surface area (Å²) in [5, 5.41) is 13.9. The van der Waals surface area contributed by atoms with Crippen molar-refractivity contribution in [3.05, 3.63) is 42.0 Å². The van der Waals surface area contributed by atoms with Gasteiger partial charge in [-0.1, -0.05) is 24.3 Å². The number of carbonyl (C=O) groups is 2. The van der Waals surface area contributed by atoms with Crippen LogP contribution in [0.3, 0.4) is 0 Å². The molecule has 1 fully saturated rings. The number of rotatable bonds is 8. The zero-order chi connectivity index (χ0) is 18.5. The van der Waals surface area contributed by atoms with E-state index in [0.717, 1.165) is 23.6 Å². The minimum absolute atomic E-state index is 0.104. The molecule has 0 aliphatic heterocycles. The molecule has 2 amide bonds. The third-order valence-corrected chi connectivity index (χ3v) is 4.42. The van der Waals surface area contributed by atoms with Crippen LogP contribution in [-0.4, -0.2) is 54.2 Å². The second-order valence-corrected chi connectivity index (χ2v) is 6.43. The summed E-state index contributed by atoms with van der Waals surface area (Å²) in [4.78, 5) is 26.4. The van der Waals surface area contributed by atoms with Gasteiger partial charge in [0, 0.05) is 19.1 Å². The van der Waals surface area contributed by atoms with Gasteiger partial charge in [0.1, 0.15) is 5.75 Å². The second-order valence-electron chi connectivity index (χ2n) is 6.43. The molecular formula is C20H24N2O4. The number of benzene rings is 2. The summed E-state index contributed by atoms with van der Waals surface area (Å²) in [5.41, 5.74) is 0.401. The van der Waals surface area contributed by atoms with Crippen molar-refractivity contribution in [2.45, 2.75) is 25.8 Å². The lowest BCUT2D eigenvalue weighted by Gasteiger charge is -2.21. The molecule has 0 aromatic heterocycles. The Kier molecular flexibility index (Phi) is 5.73. The van der Waals surface area contributed by atoms with Crippen LogP contribution in [-0.2, 0) is 4.79 Å². The molecule has 0 atom stereocenters. The molecule has 6 heteroatoms. The number of aliphatic hydroxyl groups excluding tert-OH is 1. The highest BCUT2D eigenvalue weighted by molar-refractivity contribution is 6.01. The lowest BCUT2D eigenvalue weighted by Crippen LogP contribution is -2.34. The van der Waals surface area contributed by atoms with Crippen LogP contribution < -0.4 is 10.1 Å². The van der Waals surface area contributed by atoms with Gasteiger partial charge in [0.15, 0.2) is 6.61 Å². The predicted molar refractivity (Wildman–Crippen MR) is 99.3 cm³/mol. The Morgan fingerprint density at radius 1 is 1.23 bits per heavy atom. The standard InChI is InChI=1S/C20H24N2O4/c1-2-22(9-10-23)20(25)17-11-14-5-3-4-6-15(14)12-18(17)26-13-19(24)21-16-7-8-16/h3-6,11-12,16,23H,2,7-10,13H2,1H3,(H,21,24).